The van der Waals surface area contributed by atoms with Crippen LogP contribution >= 0.6 is 0 Å². The molecule has 0 unspecified atom stereocenters. The number of nitrogens with zero attached hydrogens (tertiary/aromatic N) is 5. The first kappa shape index (κ1) is 30.0. The van der Waals surface area contributed by atoms with E-state index in [0.717, 1.165) is 11.3 Å². The number of hydrogen-bond acceptors (Lipinski definition) is 8. The van der Waals surface area contributed by atoms with Crippen molar-refractivity contribution in [2.24, 2.45) is 7.05 Å². The zero-order chi connectivity index (χ0) is 31.7. The van der Waals surface area contributed by atoms with Crippen molar-refractivity contribution in [1.82, 2.24) is 14.5 Å². The number of fused-ring (bicyclic) bond motifs is 1. The van der Waals surface area contributed by atoms with Crippen molar-refractivity contribution in [3.05, 3.63) is 99.5 Å². The summed E-state index contributed by atoms with van der Waals surface area (Å²) in [6, 6.07) is 18.2. The molecule has 1 saturated heterocycles. The standard InChI is InChI=1S/C34H36N6O5/c1-37(2)25-11-12-26-23(19-25)13-14-40(33(26)43)30-6-4-5-27(28(30)21-41)29-20-38(3)34(44)31(36-29)35-24-9-7-22(8-10-24)32(42)39-15-17-45-18-16-39/h4-12,19-20,41H,13-18,21H2,1-3H3,(H,35,36). The maximum absolute atomic E-state index is 13.7. The van der Waals surface area contributed by atoms with Gasteiger partial charge in [-0.15, -0.1) is 0 Å². The highest BCUT2D eigenvalue weighted by Crippen LogP contribution is 2.34. The Bertz CT molecular complexity index is 1810. The fourth-order valence-electron chi connectivity index (χ4n) is 5.82. The van der Waals surface area contributed by atoms with Crippen molar-refractivity contribution in [3.63, 3.8) is 0 Å². The molecule has 1 aromatic heterocycles. The van der Waals surface area contributed by atoms with E-state index in [-0.39, 0.29) is 29.8 Å². The van der Waals surface area contributed by atoms with Gasteiger partial charge in [-0.1, -0.05) is 12.1 Å². The summed E-state index contributed by atoms with van der Waals surface area (Å²) in [5, 5.41) is 13.7. The minimum Gasteiger partial charge on any atom is -0.392 e. The van der Waals surface area contributed by atoms with Crippen LogP contribution in [0.1, 0.15) is 31.8 Å². The second-order valence-electron chi connectivity index (χ2n) is 11.4. The van der Waals surface area contributed by atoms with E-state index in [1.54, 1.807) is 47.3 Å². The smallest absolute Gasteiger partial charge is 0.293 e. The van der Waals surface area contributed by atoms with Gasteiger partial charge in [-0.25, -0.2) is 4.98 Å². The predicted molar refractivity (Wildman–Crippen MR) is 173 cm³/mol. The average molecular weight is 609 g/mol. The molecule has 3 heterocycles. The summed E-state index contributed by atoms with van der Waals surface area (Å²) in [6.07, 6.45) is 2.30. The van der Waals surface area contributed by atoms with Gasteiger partial charge in [-0.2, -0.15) is 0 Å². The van der Waals surface area contributed by atoms with Gasteiger partial charge in [0, 0.05) is 80.6 Å². The monoisotopic (exact) mass is 608 g/mol. The van der Waals surface area contributed by atoms with Gasteiger partial charge < -0.3 is 34.4 Å². The van der Waals surface area contributed by atoms with E-state index in [9.17, 15) is 19.5 Å². The lowest BCUT2D eigenvalue weighted by Gasteiger charge is -2.31. The van der Waals surface area contributed by atoms with Crippen molar-refractivity contribution >= 4 is 34.7 Å². The summed E-state index contributed by atoms with van der Waals surface area (Å²) in [7, 11) is 5.58. The van der Waals surface area contributed by atoms with E-state index in [4.69, 9.17) is 4.74 Å². The molecule has 0 saturated carbocycles. The number of aryl methyl sites for hydroxylation is 1. The zero-order valence-electron chi connectivity index (χ0n) is 25.6. The SMILES string of the molecule is CN(C)c1ccc2c(c1)CCN(c1cccc(-c3cn(C)c(=O)c(Nc4ccc(C(=O)N5CCOCC5)cc4)n3)c1CO)C2=O. The number of rotatable bonds is 7. The second kappa shape index (κ2) is 12.5. The largest absolute Gasteiger partial charge is 0.392 e. The average Bonchev–Trinajstić information content (AvgIpc) is 3.06. The van der Waals surface area contributed by atoms with E-state index in [0.29, 0.717) is 78.6 Å². The molecule has 0 radical (unpaired) electrons. The number of aliphatic hydroxyl groups excluding tert-OH is 1. The van der Waals surface area contributed by atoms with E-state index < -0.39 is 0 Å². The van der Waals surface area contributed by atoms with Crippen LogP contribution in [-0.4, -0.2) is 78.3 Å². The molecular formula is C34H36N6O5. The number of aromatic nitrogens is 2. The topological polar surface area (TPSA) is 120 Å². The van der Waals surface area contributed by atoms with Gasteiger partial charge in [0.2, 0.25) is 0 Å². The number of aliphatic hydroxyl groups is 1. The third-order valence-electron chi connectivity index (χ3n) is 8.33. The minimum atomic E-state index is -0.339. The first-order valence-electron chi connectivity index (χ1n) is 14.9. The Hall–Kier alpha value is -5.00. The molecule has 2 aliphatic heterocycles. The molecule has 11 nitrogen and oxygen atoms in total. The molecule has 2 amide bonds. The summed E-state index contributed by atoms with van der Waals surface area (Å²) in [4.78, 5) is 49.7. The fourth-order valence-corrected chi connectivity index (χ4v) is 5.82. The van der Waals surface area contributed by atoms with Gasteiger partial charge >= 0.3 is 0 Å². The lowest BCUT2D eigenvalue weighted by atomic mass is 9.95. The van der Waals surface area contributed by atoms with Crippen molar-refractivity contribution in [2.45, 2.75) is 13.0 Å². The van der Waals surface area contributed by atoms with Gasteiger partial charge in [0.25, 0.3) is 17.4 Å². The van der Waals surface area contributed by atoms with Gasteiger partial charge in [0.15, 0.2) is 5.82 Å². The quantitative estimate of drug-likeness (QED) is 0.328. The van der Waals surface area contributed by atoms with Gasteiger partial charge in [-0.05, 0) is 60.5 Å². The summed E-state index contributed by atoms with van der Waals surface area (Å²) in [6.45, 7) is 2.30. The van der Waals surface area contributed by atoms with Crippen LogP contribution in [0.4, 0.5) is 22.9 Å². The van der Waals surface area contributed by atoms with E-state index in [2.05, 4.69) is 10.3 Å². The molecule has 0 spiro atoms. The van der Waals surface area contributed by atoms with Crippen molar-refractivity contribution in [1.29, 1.82) is 0 Å². The molecule has 3 aromatic carbocycles. The minimum absolute atomic E-state index is 0.0636. The Morgan fingerprint density at radius 2 is 1.76 bits per heavy atom. The molecule has 45 heavy (non-hydrogen) atoms. The molecule has 6 rings (SSSR count). The fraction of sp³-hybridized carbons (Fsp3) is 0.294. The van der Waals surface area contributed by atoms with Crippen molar-refractivity contribution in [3.8, 4) is 11.3 Å². The highest BCUT2D eigenvalue weighted by Gasteiger charge is 2.28. The van der Waals surface area contributed by atoms with Crippen LogP contribution in [0, 0.1) is 0 Å². The van der Waals surface area contributed by atoms with Crippen molar-refractivity contribution < 1.29 is 19.4 Å². The third kappa shape index (κ3) is 5.92. The maximum atomic E-state index is 13.7. The Morgan fingerprint density at radius 1 is 1.00 bits per heavy atom. The van der Waals surface area contributed by atoms with Crippen LogP contribution in [0.2, 0.25) is 0 Å². The number of carbonyl (C=O) groups is 2. The van der Waals surface area contributed by atoms with Crippen molar-refractivity contribution in [2.75, 3.05) is 62.1 Å². The number of anilines is 4. The lowest BCUT2D eigenvalue weighted by Crippen LogP contribution is -2.40. The summed E-state index contributed by atoms with van der Waals surface area (Å²) >= 11 is 0. The molecule has 4 aromatic rings. The number of carbonyl (C=O) groups excluding carboxylic acids is 2. The Labute approximate surface area is 261 Å². The van der Waals surface area contributed by atoms with Crippen LogP contribution in [0.3, 0.4) is 0 Å². The number of hydrogen-bond donors (Lipinski definition) is 2. The number of ether oxygens (including phenoxy) is 1. The van der Waals surface area contributed by atoms with Crippen LogP contribution in [0.5, 0.6) is 0 Å². The summed E-state index contributed by atoms with van der Waals surface area (Å²) in [5.41, 5.74) is 5.71. The maximum Gasteiger partial charge on any atom is 0.293 e. The van der Waals surface area contributed by atoms with Crippen LogP contribution < -0.4 is 20.7 Å². The number of nitrogens with one attached hydrogen (secondary N) is 1. The molecule has 11 heteroatoms. The van der Waals surface area contributed by atoms with E-state index >= 15 is 0 Å². The van der Waals surface area contributed by atoms with Gasteiger partial charge in [-0.3, -0.25) is 14.4 Å². The third-order valence-corrected chi connectivity index (χ3v) is 8.33. The normalized spacial score (nSPS) is 14.7. The van der Waals surface area contributed by atoms with Crippen LogP contribution in [-0.2, 0) is 24.8 Å². The molecule has 2 N–H and O–H groups in total. The molecule has 0 aliphatic carbocycles. The second-order valence-corrected chi connectivity index (χ2v) is 11.4. The number of benzene rings is 3. The van der Waals surface area contributed by atoms with Crippen LogP contribution in [0.15, 0.2) is 71.7 Å². The van der Waals surface area contributed by atoms with Gasteiger partial charge in [0.1, 0.15) is 0 Å². The number of morpholine rings is 1. The Balaban J connectivity index is 1.28. The van der Waals surface area contributed by atoms with Gasteiger partial charge in [0.05, 0.1) is 31.2 Å². The molecule has 0 atom stereocenters. The molecule has 2 aliphatic rings. The predicted octanol–water partition coefficient (Wildman–Crippen LogP) is 3.42. The zero-order valence-corrected chi connectivity index (χ0v) is 25.6. The Kier molecular flexibility index (Phi) is 8.38. The molecule has 0 bridgehead atoms. The lowest BCUT2D eigenvalue weighted by molar-refractivity contribution is 0.0303. The molecule has 232 valence electrons. The Morgan fingerprint density at radius 3 is 2.47 bits per heavy atom. The molecular weight excluding hydrogens is 572 g/mol. The van der Waals surface area contributed by atoms with E-state index in [1.165, 1.54) is 4.57 Å². The number of amides is 2. The highest BCUT2D eigenvalue weighted by atomic mass is 16.5. The highest BCUT2D eigenvalue weighted by molar-refractivity contribution is 6.09. The summed E-state index contributed by atoms with van der Waals surface area (Å²) < 4.78 is 6.77. The summed E-state index contributed by atoms with van der Waals surface area (Å²) in [5.74, 6) is -0.0951. The van der Waals surface area contributed by atoms with Crippen LogP contribution in [0.25, 0.3) is 11.3 Å². The molecule has 1 fully saturated rings. The first-order chi connectivity index (χ1) is 21.7. The van der Waals surface area contributed by atoms with E-state index in [1.807, 2.05) is 55.4 Å². The first-order valence-corrected chi connectivity index (χ1v) is 14.9.